The number of carbonyl (C=O) groups excluding carboxylic acids is 2. The van der Waals surface area contributed by atoms with Gasteiger partial charge in [-0.3, -0.25) is 14.6 Å². The minimum atomic E-state index is -0.317. The van der Waals surface area contributed by atoms with Gasteiger partial charge in [-0.05, 0) is 42.3 Å². The topological polar surface area (TPSA) is 71.1 Å². The summed E-state index contributed by atoms with van der Waals surface area (Å²) in [7, 11) is 0. The van der Waals surface area contributed by atoms with E-state index in [9.17, 15) is 9.59 Å². The fraction of sp³-hybridized carbons (Fsp3) is 0.0952. The number of amides is 2. The molecule has 5 nitrogen and oxygen atoms in total. The predicted molar refractivity (Wildman–Crippen MR) is 101 cm³/mol. The summed E-state index contributed by atoms with van der Waals surface area (Å²) in [5.74, 6) is -0.603. The highest BCUT2D eigenvalue weighted by Gasteiger charge is 2.12. The maximum atomic E-state index is 12.4. The molecular weight excluding hydrogens is 326 g/mol. The Labute approximate surface area is 152 Å². The van der Waals surface area contributed by atoms with Crippen molar-refractivity contribution in [2.75, 3.05) is 5.32 Å². The van der Waals surface area contributed by atoms with Gasteiger partial charge < -0.3 is 10.6 Å². The van der Waals surface area contributed by atoms with Gasteiger partial charge in [0.05, 0.1) is 0 Å². The molecule has 2 amide bonds. The number of nitrogens with zero attached hydrogens (tertiary/aromatic N) is 1. The Morgan fingerprint density at radius 1 is 0.923 bits per heavy atom. The summed E-state index contributed by atoms with van der Waals surface area (Å²) in [5, 5.41) is 5.63. The van der Waals surface area contributed by atoms with Gasteiger partial charge in [0.25, 0.3) is 11.8 Å². The van der Waals surface area contributed by atoms with Crippen LogP contribution in [0.4, 0.5) is 5.69 Å². The normalized spacial score (nSPS) is 10.2. The van der Waals surface area contributed by atoms with Crippen molar-refractivity contribution in [1.82, 2.24) is 10.3 Å². The van der Waals surface area contributed by atoms with Crippen molar-refractivity contribution < 1.29 is 9.59 Å². The van der Waals surface area contributed by atoms with Crippen LogP contribution in [0.25, 0.3) is 0 Å². The fourth-order valence-electron chi connectivity index (χ4n) is 2.50. The predicted octanol–water partition coefficient (Wildman–Crippen LogP) is 3.57. The van der Waals surface area contributed by atoms with Gasteiger partial charge in [0.1, 0.15) is 5.69 Å². The van der Waals surface area contributed by atoms with Gasteiger partial charge in [-0.25, -0.2) is 0 Å². The quantitative estimate of drug-likeness (QED) is 0.742. The summed E-state index contributed by atoms with van der Waals surface area (Å²) >= 11 is 0. The van der Waals surface area contributed by atoms with Crippen LogP contribution >= 0.6 is 0 Å². The number of anilines is 1. The van der Waals surface area contributed by atoms with E-state index in [1.165, 1.54) is 12.3 Å². The van der Waals surface area contributed by atoms with Crippen molar-refractivity contribution in [1.29, 1.82) is 0 Å². The number of para-hydroxylation sites is 1. The van der Waals surface area contributed by atoms with Crippen LogP contribution < -0.4 is 10.6 Å². The largest absolute Gasteiger partial charge is 0.347 e. The Hall–Kier alpha value is -3.47. The highest BCUT2D eigenvalue weighted by Crippen LogP contribution is 2.10. The molecule has 0 aliphatic carbocycles. The lowest BCUT2D eigenvalue weighted by Crippen LogP contribution is -2.24. The first-order valence-electron chi connectivity index (χ1n) is 8.28. The van der Waals surface area contributed by atoms with Crippen LogP contribution in [0.3, 0.4) is 0 Å². The maximum absolute atomic E-state index is 12.4. The SMILES string of the molecule is Cc1ccccc1CNC(=O)c1cc(C(=O)Nc2ccccc2)ccn1. The van der Waals surface area contributed by atoms with Crippen LogP contribution in [-0.4, -0.2) is 16.8 Å². The first-order chi connectivity index (χ1) is 12.6. The zero-order valence-corrected chi connectivity index (χ0v) is 14.4. The molecule has 0 fully saturated rings. The van der Waals surface area contributed by atoms with E-state index in [4.69, 9.17) is 0 Å². The first-order valence-corrected chi connectivity index (χ1v) is 8.28. The molecule has 26 heavy (non-hydrogen) atoms. The second-order valence-corrected chi connectivity index (χ2v) is 5.86. The number of aromatic nitrogens is 1. The van der Waals surface area contributed by atoms with E-state index in [0.717, 1.165) is 11.1 Å². The molecule has 0 saturated heterocycles. The van der Waals surface area contributed by atoms with Crippen molar-refractivity contribution in [3.05, 3.63) is 95.3 Å². The number of carbonyl (C=O) groups is 2. The number of benzene rings is 2. The highest BCUT2D eigenvalue weighted by molar-refractivity contribution is 6.05. The lowest BCUT2D eigenvalue weighted by Gasteiger charge is -2.09. The molecule has 0 bridgehead atoms. The van der Waals surface area contributed by atoms with Gasteiger partial charge in [0, 0.05) is 24.0 Å². The highest BCUT2D eigenvalue weighted by atomic mass is 16.2. The van der Waals surface area contributed by atoms with E-state index in [1.807, 2.05) is 49.4 Å². The third-order valence-electron chi connectivity index (χ3n) is 3.99. The van der Waals surface area contributed by atoms with E-state index in [-0.39, 0.29) is 17.5 Å². The summed E-state index contributed by atoms with van der Waals surface area (Å²) in [6.07, 6.45) is 1.46. The van der Waals surface area contributed by atoms with E-state index >= 15 is 0 Å². The molecule has 5 heteroatoms. The van der Waals surface area contributed by atoms with E-state index in [1.54, 1.807) is 18.2 Å². The van der Waals surface area contributed by atoms with Crippen molar-refractivity contribution in [3.8, 4) is 0 Å². The fourth-order valence-corrected chi connectivity index (χ4v) is 2.50. The van der Waals surface area contributed by atoms with Crippen LogP contribution in [0.1, 0.15) is 32.0 Å². The molecule has 0 aliphatic rings. The minimum Gasteiger partial charge on any atom is -0.347 e. The van der Waals surface area contributed by atoms with Crippen molar-refractivity contribution in [2.45, 2.75) is 13.5 Å². The third kappa shape index (κ3) is 4.33. The lowest BCUT2D eigenvalue weighted by atomic mass is 10.1. The molecule has 130 valence electrons. The van der Waals surface area contributed by atoms with Gasteiger partial charge in [-0.15, -0.1) is 0 Å². The average Bonchev–Trinajstić information content (AvgIpc) is 2.68. The number of rotatable bonds is 5. The Morgan fingerprint density at radius 3 is 2.42 bits per heavy atom. The zero-order chi connectivity index (χ0) is 18.4. The smallest absolute Gasteiger partial charge is 0.270 e. The lowest BCUT2D eigenvalue weighted by molar-refractivity contribution is 0.0946. The van der Waals surface area contributed by atoms with Gasteiger partial charge in [0.2, 0.25) is 0 Å². The monoisotopic (exact) mass is 345 g/mol. The standard InChI is InChI=1S/C21H19N3O2/c1-15-7-5-6-8-17(15)14-23-21(26)19-13-16(11-12-22-19)20(25)24-18-9-3-2-4-10-18/h2-13H,14H2,1H3,(H,23,26)(H,24,25). The van der Waals surface area contributed by atoms with Gasteiger partial charge >= 0.3 is 0 Å². The summed E-state index contributed by atoms with van der Waals surface area (Å²) in [6, 6.07) is 20.1. The summed E-state index contributed by atoms with van der Waals surface area (Å²) in [6.45, 7) is 2.40. The summed E-state index contributed by atoms with van der Waals surface area (Å²) < 4.78 is 0. The summed E-state index contributed by atoms with van der Waals surface area (Å²) in [4.78, 5) is 28.8. The number of hydrogen-bond donors (Lipinski definition) is 2. The van der Waals surface area contributed by atoms with Crippen LogP contribution in [-0.2, 0) is 6.54 Å². The van der Waals surface area contributed by atoms with Crippen LogP contribution in [0.15, 0.2) is 72.9 Å². The Kier molecular flexibility index (Phi) is 5.39. The maximum Gasteiger partial charge on any atom is 0.270 e. The van der Waals surface area contributed by atoms with Gasteiger partial charge in [-0.2, -0.15) is 0 Å². The molecule has 1 aromatic heterocycles. The molecule has 2 N–H and O–H groups in total. The molecule has 0 radical (unpaired) electrons. The van der Waals surface area contributed by atoms with Crippen LogP contribution in [0.2, 0.25) is 0 Å². The van der Waals surface area contributed by atoms with Crippen molar-refractivity contribution >= 4 is 17.5 Å². The first kappa shape index (κ1) is 17.4. The third-order valence-corrected chi connectivity index (χ3v) is 3.99. The van der Waals surface area contributed by atoms with Gasteiger partial charge in [-0.1, -0.05) is 42.5 Å². The van der Waals surface area contributed by atoms with Crippen LogP contribution in [0, 0.1) is 6.92 Å². The number of pyridine rings is 1. The molecule has 1 heterocycles. The second-order valence-electron chi connectivity index (χ2n) is 5.86. The average molecular weight is 345 g/mol. The van der Waals surface area contributed by atoms with Crippen LogP contribution in [0.5, 0.6) is 0 Å². The number of nitrogens with one attached hydrogen (secondary N) is 2. The number of hydrogen-bond acceptors (Lipinski definition) is 3. The Bertz CT molecular complexity index is 923. The van der Waals surface area contributed by atoms with Gasteiger partial charge in [0.15, 0.2) is 0 Å². The zero-order valence-electron chi connectivity index (χ0n) is 14.4. The summed E-state index contributed by atoms with van der Waals surface area (Å²) in [5.41, 5.74) is 3.43. The van der Waals surface area contributed by atoms with E-state index < -0.39 is 0 Å². The Morgan fingerprint density at radius 2 is 1.65 bits per heavy atom. The molecule has 0 saturated carbocycles. The molecule has 0 aliphatic heterocycles. The van der Waals surface area contributed by atoms with E-state index in [2.05, 4.69) is 15.6 Å². The molecule has 2 aromatic carbocycles. The molecule has 0 atom stereocenters. The molecule has 3 aromatic rings. The molecule has 0 unspecified atom stereocenters. The van der Waals surface area contributed by atoms with Crippen molar-refractivity contribution in [2.24, 2.45) is 0 Å². The second kappa shape index (κ2) is 8.07. The molecule has 0 spiro atoms. The molecular formula is C21H19N3O2. The molecule has 3 rings (SSSR count). The number of aryl methyl sites for hydroxylation is 1. The van der Waals surface area contributed by atoms with E-state index in [0.29, 0.717) is 17.8 Å². The Balaban J connectivity index is 1.67. The van der Waals surface area contributed by atoms with Crippen molar-refractivity contribution in [3.63, 3.8) is 0 Å². The minimum absolute atomic E-state index is 0.208.